The molecule has 1 amide bonds. The van der Waals surface area contributed by atoms with Gasteiger partial charge in [0.05, 0.1) is 14.2 Å². The van der Waals surface area contributed by atoms with Crippen molar-refractivity contribution in [2.75, 3.05) is 43.8 Å². The van der Waals surface area contributed by atoms with Gasteiger partial charge in [-0.05, 0) is 66.7 Å². The lowest BCUT2D eigenvalue weighted by Crippen LogP contribution is -2.12. The van der Waals surface area contributed by atoms with Gasteiger partial charge in [-0.15, -0.1) is 0 Å². The van der Waals surface area contributed by atoms with Gasteiger partial charge < -0.3 is 25.0 Å². The third-order valence-electron chi connectivity index (χ3n) is 4.46. The van der Waals surface area contributed by atoms with E-state index in [0.29, 0.717) is 22.7 Å². The van der Waals surface area contributed by atoms with Crippen LogP contribution in [0, 0.1) is 0 Å². The molecule has 3 rings (SSSR count). The lowest BCUT2D eigenvalue weighted by Gasteiger charge is -2.14. The Balaban J connectivity index is 1.65. The number of hydrogen-bond acceptors (Lipinski definition) is 5. The van der Waals surface area contributed by atoms with Gasteiger partial charge >= 0.3 is 0 Å². The van der Waals surface area contributed by atoms with E-state index in [1.165, 1.54) is 0 Å². The fourth-order valence-corrected chi connectivity index (χ4v) is 2.83. The summed E-state index contributed by atoms with van der Waals surface area (Å²) in [5, 5.41) is 6.24. The Hall–Kier alpha value is -3.67. The van der Waals surface area contributed by atoms with E-state index in [9.17, 15) is 4.79 Å². The lowest BCUT2D eigenvalue weighted by molar-refractivity contribution is 0.102. The quantitative estimate of drug-likeness (QED) is 0.608. The average molecular weight is 391 g/mol. The SMILES string of the molecule is COc1ccc(C(=O)Nc2ccc(Nc3ccc(N(C)C)cc3)cc2)cc1OC. The molecule has 0 heterocycles. The maximum Gasteiger partial charge on any atom is 0.255 e. The molecule has 6 nitrogen and oxygen atoms in total. The van der Waals surface area contributed by atoms with E-state index in [-0.39, 0.29) is 5.91 Å². The summed E-state index contributed by atoms with van der Waals surface area (Å²) in [5.74, 6) is 0.879. The highest BCUT2D eigenvalue weighted by Crippen LogP contribution is 2.28. The van der Waals surface area contributed by atoms with Crippen LogP contribution in [0.25, 0.3) is 0 Å². The molecule has 0 unspecified atom stereocenters. The van der Waals surface area contributed by atoms with Crippen molar-refractivity contribution in [2.45, 2.75) is 0 Å². The lowest BCUT2D eigenvalue weighted by atomic mass is 10.1. The van der Waals surface area contributed by atoms with Crippen molar-refractivity contribution < 1.29 is 14.3 Å². The second-order valence-electron chi connectivity index (χ2n) is 6.67. The minimum Gasteiger partial charge on any atom is -0.493 e. The molecule has 0 saturated carbocycles. The molecule has 0 aliphatic rings. The highest BCUT2D eigenvalue weighted by Gasteiger charge is 2.11. The zero-order chi connectivity index (χ0) is 20.8. The van der Waals surface area contributed by atoms with Gasteiger partial charge in [-0.1, -0.05) is 0 Å². The standard InChI is InChI=1S/C23H25N3O3/c1-26(2)20-12-10-18(11-13-20)24-17-6-8-19(9-7-17)25-23(27)16-5-14-21(28-3)22(15-16)29-4/h5-15,24H,1-4H3,(H,25,27). The van der Waals surface area contributed by atoms with Gasteiger partial charge in [0, 0.05) is 42.4 Å². The third-order valence-corrected chi connectivity index (χ3v) is 4.46. The van der Waals surface area contributed by atoms with Crippen LogP contribution in [0.4, 0.5) is 22.7 Å². The van der Waals surface area contributed by atoms with Crippen LogP contribution in [-0.4, -0.2) is 34.2 Å². The van der Waals surface area contributed by atoms with E-state index < -0.39 is 0 Å². The number of nitrogens with zero attached hydrogens (tertiary/aromatic N) is 1. The van der Waals surface area contributed by atoms with Gasteiger partial charge in [-0.25, -0.2) is 0 Å². The van der Waals surface area contributed by atoms with Crippen molar-refractivity contribution >= 4 is 28.7 Å². The van der Waals surface area contributed by atoms with E-state index in [1.807, 2.05) is 50.5 Å². The first-order valence-corrected chi connectivity index (χ1v) is 9.18. The minimum atomic E-state index is -0.217. The molecule has 0 fully saturated rings. The van der Waals surface area contributed by atoms with E-state index in [2.05, 4.69) is 27.7 Å². The normalized spacial score (nSPS) is 10.2. The molecule has 0 spiro atoms. The van der Waals surface area contributed by atoms with E-state index in [1.54, 1.807) is 32.4 Å². The van der Waals surface area contributed by atoms with E-state index in [4.69, 9.17) is 9.47 Å². The van der Waals surface area contributed by atoms with Crippen LogP contribution in [0.1, 0.15) is 10.4 Å². The first-order valence-electron chi connectivity index (χ1n) is 9.18. The summed E-state index contributed by atoms with van der Waals surface area (Å²) >= 11 is 0. The molecule has 0 saturated heterocycles. The van der Waals surface area contributed by atoms with Crippen LogP contribution in [0.5, 0.6) is 11.5 Å². The van der Waals surface area contributed by atoms with Gasteiger partial charge in [0.1, 0.15) is 0 Å². The highest BCUT2D eigenvalue weighted by atomic mass is 16.5. The first-order chi connectivity index (χ1) is 14.0. The average Bonchev–Trinajstić information content (AvgIpc) is 2.75. The zero-order valence-electron chi connectivity index (χ0n) is 17.0. The molecule has 3 aromatic rings. The van der Waals surface area contributed by atoms with Gasteiger partial charge in [0.25, 0.3) is 5.91 Å². The van der Waals surface area contributed by atoms with Crippen molar-refractivity contribution in [1.82, 2.24) is 0 Å². The van der Waals surface area contributed by atoms with Crippen LogP contribution >= 0.6 is 0 Å². The van der Waals surface area contributed by atoms with Crippen LogP contribution in [0.3, 0.4) is 0 Å². The molecule has 0 atom stereocenters. The first kappa shape index (κ1) is 20.1. The number of anilines is 4. The maximum atomic E-state index is 12.5. The van der Waals surface area contributed by atoms with Crippen molar-refractivity contribution in [3.63, 3.8) is 0 Å². The van der Waals surface area contributed by atoms with Gasteiger partial charge in [0.15, 0.2) is 11.5 Å². The number of nitrogens with one attached hydrogen (secondary N) is 2. The van der Waals surface area contributed by atoms with Crippen LogP contribution in [-0.2, 0) is 0 Å². The topological polar surface area (TPSA) is 62.8 Å². The number of carbonyl (C=O) groups excluding carboxylic acids is 1. The molecular formula is C23H25N3O3. The Labute approximate surface area is 171 Å². The third kappa shape index (κ3) is 4.99. The number of amides is 1. The van der Waals surface area contributed by atoms with E-state index >= 15 is 0 Å². The minimum absolute atomic E-state index is 0.217. The molecule has 29 heavy (non-hydrogen) atoms. The molecule has 0 bridgehead atoms. The molecule has 2 N–H and O–H groups in total. The highest BCUT2D eigenvalue weighted by molar-refractivity contribution is 6.04. The second-order valence-corrected chi connectivity index (χ2v) is 6.67. The van der Waals surface area contributed by atoms with Gasteiger partial charge in [0.2, 0.25) is 0 Å². The Morgan fingerprint density at radius 3 is 1.86 bits per heavy atom. The largest absolute Gasteiger partial charge is 0.493 e. The summed E-state index contributed by atoms with van der Waals surface area (Å²) < 4.78 is 10.5. The molecule has 0 radical (unpaired) electrons. The molecule has 0 aliphatic carbocycles. The number of benzene rings is 3. The van der Waals surface area contributed by atoms with Gasteiger partial charge in [-0.3, -0.25) is 4.79 Å². The van der Waals surface area contributed by atoms with E-state index in [0.717, 1.165) is 17.1 Å². The summed E-state index contributed by atoms with van der Waals surface area (Å²) in [6.07, 6.45) is 0. The Morgan fingerprint density at radius 1 is 0.759 bits per heavy atom. The molecule has 0 aliphatic heterocycles. The number of carbonyl (C=O) groups is 1. The van der Waals surface area contributed by atoms with Crippen LogP contribution < -0.4 is 25.0 Å². The maximum absolute atomic E-state index is 12.5. The summed E-state index contributed by atoms with van der Waals surface area (Å²) in [6.45, 7) is 0. The fraction of sp³-hybridized carbons (Fsp3) is 0.174. The number of rotatable bonds is 7. The van der Waals surface area contributed by atoms with Crippen molar-refractivity contribution in [3.8, 4) is 11.5 Å². The predicted molar refractivity (Wildman–Crippen MR) is 118 cm³/mol. The Morgan fingerprint density at radius 2 is 1.31 bits per heavy atom. The number of methoxy groups -OCH3 is 2. The summed E-state index contributed by atoms with van der Waals surface area (Å²) in [4.78, 5) is 14.6. The Bertz CT molecular complexity index is 968. The molecular weight excluding hydrogens is 366 g/mol. The second kappa shape index (κ2) is 9.01. The monoisotopic (exact) mass is 391 g/mol. The Kier molecular flexibility index (Phi) is 6.24. The molecule has 6 heteroatoms. The molecule has 0 aromatic heterocycles. The summed E-state index contributed by atoms with van der Waals surface area (Å²) in [7, 11) is 7.12. The van der Waals surface area contributed by atoms with Crippen molar-refractivity contribution in [1.29, 1.82) is 0 Å². The smallest absolute Gasteiger partial charge is 0.255 e. The molecule has 3 aromatic carbocycles. The van der Waals surface area contributed by atoms with Gasteiger partial charge in [-0.2, -0.15) is 0 Å². The number of hydrogen-bond donors (Lipinski definition) is 2. The fourth-order valence-electron chi connectivity index (χ4n) is 2.83. The number of ether oxygens (including phenoxy) is 2. The van der Waals surface area contributed by atoms with Crippen molar-refractivity contribution in [2.24, 2.45) is 0 Å². The summed E-state index contributed by atoms with van der Waals surface area (Å²) in [5.41, 5.74) is 4.28. The zero-order valence-corrected chi connectivity index (χ0v) is 17.0. The summed E-state index contributed by atoms with van der Waals surface area (Å²) in [6, 6.07) is 20.8. The predicted octanol–water partition coefficient (Wildman–Crippen LogP) is 4.77. The van der Waals surface area contributed by atoms with Crippen LogP contribution in [0.2, 0.25) is 0 Å². The molecule has 150 valence electrons. The van der Waals surface area contributed by atoms with Crippen LogP contribution in [0.15, 0.2) is 66.7 Å². The van der Waals surface area contributed by atoms with Crippen molar-refractivity contribution in [3.05, 3.63) is 72.3 Å².